The van der Waals surface area contributed by atoms with E-state index < -0.39 is 0 Å². The van der Waals surface area contributed by atoms with Crippen LogP contribution in [-0.4, -0.2) is 48.6 Å². The zero-order chi connectivity index (χ0) is 15.8. The Morgan fingerprint density at radius 3 is 2.48 bits per heavy atom. The smallest absolute Gasteiger partial charge is 0.239 e. The number of nitriles is 1. The van der Waals surface area contributed by atoms with E-state index in [1.165, 1.54) is 10.5 Å². The maximum atomic E-state index is 12.3. The minimum atomic E-state index is -0.200. The van der Waals surface area contributed by atoms with Crippen LogP contribution in [0, 0.1) is 11.3 Å². The van der Waals surface area contributed by atoms with Gasteiger partial charge in [0.1, 0.15) is 0 Å². The first-order chi connectivity index (χ1) is 9.99. The summed E-state index contributed by atoms with van der Waals surface area (Å²) in [5, 5.41) is 8.58. The maximum absolute atomic E-state index is 12.3. The lowest BCUT2D eigenvalue weighted by Gasteiger charge is -2.28. The van der Waals surface area contributed by atoms with Gasteiger partial charge in [-0.05, 0) is 37.9 Å². The Morgan fingerprint density at radius 1 is 1.33 bits per heavy atom. The molecule has 0 N–H and O–H groups in total. The lowest BCUT2D eigenvalue weighted by atomic mass is 10.2. The van der Waals surface area contributed by atoms with Gasteiger partial charge in [-0.25, -0.2) is 0 Å². The van der Waals surface area contributed by atoms with Crippen LogP contribution in [0.4, 0.5) is 0 Å². The SMILES string of the molecule is CSc1ccc(CN(C)C(C)C(=O)N(C)CCC#N)cc1. The highest BCUT2D eigenvalue weighted by atomic mass is 32.2. The van der Waals surface area contributed by atoms with E-state index >= 15 is 0 Å². The molecule has 0 spiro atoms. The van der Waals surface area contributed by atoms with Crippen LogP contribution in [0.25, 0.3) is 0 Å². The molecule has 21 heavy (non-hydrogen) atoms. The Balaban J connectivity index is 2.58. The molecule has 0 radical (unpaired) electrons. The van der Waals surface area contributed by atoms with Gasteiger partial charge in [-0.15, -0.1) is 11.8 Å². The summed E-state index contributed by atoms with van der Waals surface area (Å²) < 4.78 is 0. The van der Waals surface area contributed by atoms with Crippen LogP contribution in [0.3, 0.4) is 0 Å². The highest BCUT2D eigenvalue weighted by Crippen LogP contribution is 2.16. The van der Waals surface area contributed by atoms with E-state index in [9.17, 15) is 4.79 Å². The van der Waals surface area contributed by atoms with Crippen molar-refractivity contribution in [3.63, 3.8) is 0 Å². The highest BCUT2D eigenvalue weighted by molar-refractivity contribution is 7.98. The van der Waals surface area contributed by atoms with E-state index in [-0.39, 0.29) is 11.9 Å². The number of carbonyl (C=O) groups is 1. The van der Waals surface area contributed by atoms with Crippen LogP contribution in [0.1, 0.15) is 18.9 Å². The first kappa shape index (κ1) is 17.5. The zero-order valence-electron chi connectivity index (χ0n) is 13.2. The second-order valence-electron chi connectivity index (χ2n) is 5.11. The summed E-state index contributed by atoms with van der Waals surface area (Å²) in [7, 11) is 3.69. The van der Waals surface area contributed by atoms with E-state index in [0.717, 1.165) is 6.54 Å². The standard InChI is InChI=1S/C16H23N3OS/c1-13(16(20)18(2)11-5-10-17)19(3)12-14-6-8-15(21-4)9-7-14/h6-9,13H,5,11-12H2,1-4H3. The molecule has 0 aromatic heterocycles. The molecule has 0 aliphatic heterocycles. The summed E-state index contributed by atoms with van der Waals surface area (Å²) in [5.41, 5.74) is 1.19. The monoisotopic (exact) mass is 305 g/mol. The lowest BCUT2D eigenvalue weighted by Crippen LogP contribution is -2.44. The minimum absolute atomic E-state index is 0.0495. The number of benzene rings is 1. The second kappa shape index (κ2) is 8.71. The van der Waals surface area contributed by atoms with E-state index in [4.69, 9.17) is 5.26 Å². The Kier molecular flexibility index (Phi) is 7.27. The molecule has 0 fully saturated rings. The van der Waals surface area contributed by atoms with Gasteiger partial charge in [0.2, 0.25) is 5.91 Å². The maximum Gasteiger partial charge on any atom is 0.239 e. The molecular formula is C16H23N3OS. The van der Waals surface area contributed by atoms with E-state index in [1.807, 2.05) is 18.9 Å². The zero-order valence-corrected chi connectivity index (χ0v) is 14.0. The molecular weight excluding hydrogens is 282 g/mol. The molecule has 1 aromatic carbocycles. The Morgan fingerprint density at radius 2 is 1.95 bits per heavy atom. The average Bonchev–Trinajstić information content (AvgIpc) is 2.51. The molecule has 0 aliphatic carbocycles. The Labute approximate surface area is 131 Å². The van der Waals surface area contributed by atoms with Crippen molar-refractivity contribution in [2.45, 2.75) is 30.8 Å². The van der Waals surface area contributed by atoms with Crippen LogP contribution >= 0.6 is 11.8 Å². The molecule has 0 saturated heterocycles. The van der Waals surface area contributed by atoms with Gasteiger partial charge < -0.3 is 4.90 Å². The summed E-state index contributed by atoms with van der Waals surface area (Å²) in [5.74, 6) is 0.0495. The average molecular weight is 305 g/mol. The molecule has 5 heteroatoms. The number of nitrogens with zero attached hydrogens (tertiary/aromatic N) is 3. The number of hydrogen-bond acceptors (Lipinski definition) is 4. The van der Waals surface area contributed by atoms with Crippen molar-refractivity contribution in [3.8, 4) is 6.07 Å². The molecule has 0 bridgehead atoms. The summed E-state index contributed by atoms with van der Waals surface area (Å²) >= 11 is 1.72. The van der Waals surface area contributed by atoms with Gasteiger partial charge >= 0.3 is 0 Å². The highest BCUT2D eigenvalue weighted by Gasteiger charge is 2.21. The molecule has 114 valence electrons. The predicted octanol–water partition coefficient (Wildman–Crippen LogP) is 2.60. The summed E-state index contributed by atoms with van der Waals surface area (Å²) in [4.78, 5) is 17.1. The fourth-order valence-corrected chi connectivity index (χ4v) is 2.40. The molecule has 0 saturated carbocycles. The first-order valence-electron chi connectivity index (χ1n) is 6.94. The van der Waals surface area contributed by atoms with E-state index in [1.54, 1.807) is 23.7 Å². The van der Waals surface area contributed by atoms with Crippen LogP contribution in [0.15, 0.2) is 29.2 Å². The van der Waals surface area contributed by atoms with E-state index in [2.05, 4.69) is 36.6 Å². The number of hydrogen-bond donors (Lipinski definition) is 0. The van der Waals surface area contributed by atoms with E-state index in [0.29, 0.717) is 13.0 Å². The van der Waals surface area contributed by atoms with Crippen molar-refractivity contribution >= 4 is 17.7 Å². The molecule has 1 aromatic rings. The first-order valence-corrected chi connectivity index (χ1v) is 8.17. The molecule has 0 heterocycles. The van der Waals surface area contributed by atoms with Gasteiger partial charge in [0.25, 0.3) is 0 Å². The van der Waals surface area contributed by atoms with Crippen LogP contribution in [0.5, 0.6) is 0 Å². The predicted molar refractivity (Wildman–Crippen MR) is 87.0 cm³/mol. The van der Waals surface area contributed by atoms with Gasteiger partial charge in [-0.1, -0.05) is 12.1 Å². The lowest BCUT2D eigenvalue weighted by molar-refractivity contribution is -0.134. The fourth-order valence-electron chi connectivity index (χ4n) is 1.99. The summed E-state index contributed by atoms with van der Waals surface area (Å²) in [6.45, 7) is 3.12. The third-order valence-electron chi connectivity index (χ3n) is 3.54. The number of thioether (sulfide) groups is 1. The number of carbonyl (C=O) groups excluding carboxylic acids is 1. The van der Waals surface area contributed by atoms with Crippen molar-refractivity contribution in [1.82, 2.24) is 9.80 Å². The Bertz CT molecular complexity index is 495. The second-order valence-corrected chi connectivity index (χ2v) is 5.99. The molecule has 1 amide bonds. The van der Waals surface area contributed by atoms with Crippen molar-refractivity contribution < 1.29 is 4.79 Å². The van der Waals surface area contributed by atoms with Crippen molar-refractivity contribution in [1.29, 1.82) is 5.26 Å². The number of amides is 1. The van der Waals surface area contributed by atoms with Gasteiger partial charge in [0.05, 0.1) is 18.5 Å². The Hall–Kier alpha value is -1.51. The number of likely N-dealkylation sites (N-methyl/N-ethyl adjacent to an activating group) is 2. The van der Waals surface area contributed by atoms with Gasteiger partial charge in [-0.3, -0.25) is 9.69 Å². The number of rotatable bonds is 7. The van der Waals surface area contributed by atoms with Crippen molar-refractivity contribution in [3.05, 3.63) is 29.8 Å². The van der Waals surface area contributed by atoms with Crippen LogP contribution in [-0.2, 0) is 11.3 Å². The van der Waals surface area contributed by atoms with Crippen molar-refractivity contribution in [2.24, 2.45) is 0 Å². The third kappa shape index (κ3) is 5.41. The van der Waals surface area contributed by atoms with Gasteiger partial charge in [0.15, 0.2) is 0 Å². The summed E-state index contributed by atoms with van der Waals surface area (Å²) in [6.07, 6.45) is 2.42. The fraction of sp³-hybridized carbons (Fsp3) is 0.500. The molecule has 1 unspecified atom stereocenters. The largest absolute Gasteiger partial charge is 0.343 e. The molecule has 4 nitrogen and oxygen atoms in total. The summed E-state index contributed by atoms with van der Waals surface area (Å²) in [6, 6.07) is 10.2. The third-order valence-corrected chi connectivity index (χ3v) is 4.29. The topological polar surface area (TPSA) is 47.3 Å². The minimum Gasteiger partial charge on any atom is -0.343 e. The normalized spacial score (nSPS) is 12.0. The van der Waals surface area contributed by atoms with Crippen molar-refractivity contribution in [2.75, 3.05) is 26.9 Å². The quantitative estimate of drug-likeness (QED) is 0.727. The van der Waals surface area contributed by atoms with Crippen LogP contribution in [0.2, 0.25) is 0 Å². The van der Waals surface area contributed by atoms with Gasteiger partial charge in [0, 0.05) is 25.0 Å². The van der Waals surface area contributed by atoms with Crippen LogP contribution < -0.4 is 0 Å². The molecule has 1 atom stereocenters. The molecule has 0 aliphatic rings. The van der Waals surface area contributed by atoms with Gasteiger partial charge in [-0.2, -0.15) is 5.26 Å². The molecule has 1 rings (SSSR count).